The fourth-order valence-corrected chi connectivity index (χ4v) is 4.48. The van der Waals surface area contributed by atoms with Crippen molar-refractivity contribution >= 4 is 23.4 Å². The van der Waals surface area contributed by atoms with Gasteiger partial charge in [-0.3, -0.25) is 4.79 Å². The zero-order valence-corrected chi connectivity index (χ0v) is 12.9. The van der Waals surface area contributed by atoms with E-state index in [2.05, 4.69) is 20.4 Å². The highest BCUT2D eigenvalue weighted by Gasteiger charge is 2.49. The van der Waals surface area contributed by atoms with Crippen molar-refractivity contribution in [2.45, 2.75) is 32.7 Å². The topological polar surface area (TPSA) is 72.2 Å². The monoisotopic (exact) mass is 303 g/mol. The number of thioether (sulfide) groups is 1. The number of rotatable bonds is 2. The second-order valence-electron chi connectivity index (χ2n) is 6.26. The number of carbonyl (C=O) groups is 1. The Kier molecular flexibility index (Phi) is 2.76. The van der Waals surface area contributed by atoms with Gasteiger partial charge in [-0.15, -0.1) is 5.10 Å². The molecule has 1 aliphatic carbocycles. The summed E-state index contributed by atoms with van der Waals surface area (Å²) in [5.41, 5.74) is 2.32. The Morgan fingerprint density at radius 1 is 1.38 bits per heavy atom. The lowest BCUT2D eigenvalue weighted by Crippen LogP contribution is -2.56. The molecule has 0 bridgehead atoms. The molecule has 6 nitrogen and oxygen atoms in total. The molecule has 2 aromatic rings. The van der Waals surface area contributed by atoms with Gasteiger partial charge >= 0.3 is 0 Å². The fourth-order valence-electron chi connectivity index (χ4n) is 3.23. The summed E-state index contributed by atoms with van der Waals surface area (Å²) < 4.78 is 1.62. The lowest BCUT2D eigenvalue weighted by molar-refractivity contribution is 0.0789. The lowest BCUT2D eigenvalue weighted by Gasteiger charge is -2.53. The van der Waals surface area contributed by atoms with Crippen LogP contribution in [-0.4, -0.2) is 43.0 Å². The number of nitrogens with one attached hydrogen (secondary N) is 1. The van der Waals surface area contributed by atoms with E-state index < -0.39 is 0 Å². The molecular formula is C14H17N5OS. The molecule has 1 N–H and O–H groups in total. The maximum absolute atomic E-state index is 12.2. The minimum Gasteiger partial charge on any atom is -0.346 e. The van der Waals surface area contributed by atoms with Gasteiger partial charge in [-0.25, -0.2) is 9.50 Å². The average Bonchev–Trinajstić information content (AvgIpc) is 2.74. The maximum atomic E-state index is 12.2. The Hall–Kier alpha value is -1.63. The van der Waals surface area contributed by atoms with E-state index in [0.717, 1.165) is 24.2 Å². The third kappa shape index (κ3) is 2.10. The van der Waals surface area contributed by atoms with Gasteiger partial charge in [0, 0.05) is 17.4 Å². The van der Waals surface area contributed by atoms with E-state index >= 15 is 0 Å². The molecular weight excluding hydrogens is 286 g/mol. The molecule has 3 heterocycles. The van der Waals surface area contributed by atoms with Crippen molar-refractivity contribution in [3.05, 3.63) is 23.3 Å². The van der Waals surface area contributed by atoms with Gasteiger partial charge in [0.2, 0.25) is 5.82 Å². The van der Waals surface area contributed by atoms with E-state index in [1.54, 1.807) is 4.52 Å². The summed E-state index contributed by atoms with van der Waals surface area (Å²) in [6.45, 7) is 3.84. The summed E-state index contributed by atoms with van der Waals surface area (Å²) in [5, 5.41) is 7.30. The van der Waals surface area contributed by atoms with Crippen LogP contribution in [0.5, 0.6) is 0 Å². The first kappa shape index (κ1) is 13.1. The number of amides is 1. The number of aryl methyl sites for hydroxylation is 2. The van der Waals surface area contributed by atoms with Gasteiger partial charge in [0.25, 0.3) is 11.7 Å². The predicted octanol–water partition coefficient (Wildman–Crippen LogP) is 1.37. The van der Waals surface area contributed by atoms with E-state index in [9.17, 15) is 4.79 Å². The highest BCUT2D eigenvalue weighted by atomic mass is 32.2. The largest absolute Gasteiger partial charge is 0.346 e. The minimum absolute atomic E-state index is 0.190. The molecule has 0 unspecified atom stereocenters. The number of nitrogens with zero attached hydrogens (tertiary/aromatic N) is 4. The first-order valence-corrected chi connectivity index (χ1v) is 8.30. The minimum atomic E-state index is -0.190. The Balaban J connectivity index is 1.50. The average molecular weight is 303 g/mol. The van der Waals surface area contributed by atoms with Crippen molar-refractivity contribution in [2.75, 3.05) is 11.5 Å². The molecule has 1 spiro atoms. The normalized spacial score (nSPS) is 20.3. The summed E-state index contributed by atoms with van der Waals surface area (Å²) in [6.07, 6.45) is 2.19. The molecule has 2 aliphatic rings. The summed E-state index contributed by atoms with van der Waals surface area (Å²) in [4.78, 5) is 20.8. The van der Waals surface area contributed by atoms with Crippen molar-refractivity contribution in [3.63, 3.8) is 0 Å². The Morgan fingerprint density at radius 2 is 2.14 bits per heavy atom. The van der Waals surface area contributed by atoms with Crippen LogP contribution in [0.4, 0.5) is 0 Å². The number of hydrogen-bond acceptors (Lipinski definition) is 5. The predicted molar refractivity (Wildman–Crippen MR) is 80.5 cm³/mol. The van der Waals surface area contributed by atoms with Crippen LogP contribution in [0.2, 0.25) is 0 Å². The summed E-state index contributed by atoms with van der Waals surface area (Å²) in [7, 11) is 0. The van der Waals surface area contributed by atoms with Crippen LogP contribution in [0.3, 0.4) is 0 Å². The quantitative estimate of drug-likeness (QED) is 0.907. The third-order valence-electron chi connectivity index (χ3n) is 4.33. The van der Waals surface area contributed by atoms with Gasteiger partial charge in [0.05, 0.1) is 0 Å². The smallest absolute Gasteiger partial charge is 0.291 e. The van der Waals surface area contributed by atoms with Gasteiger partial charge in [-0.2, -0.15) is 16.7 Å². The molecule has 0 atom stereocenters. The lowest BCUT2D eigenvalue weighted by atomic mass is 9.67. The van der Waals surface area contributed by atoms with E-state index in [-0.39, 0.29) is 17.8 Å². The zero-order chi connectivity index (χ0) is 14.6. The Morgan fingerprint density at radius 3 is 2.81 bits per heavy atom. The van der Waals surface area contributed by atoms with Crippen LogP contribution in [0, 0.1) is 19.3 Å². The molecule has 0 aromatic carbocycles. The van der Waals surface area contributed by atoms with Crippen LogP contribution < -0.4 is 5.32 Å². The van der Waals surface area contributed by atoms with Crippen molar-refractivity contribution in [3.8, 4) is 0 Å². The molecule has 0 radical (unpaired) electrons. The molecule has 21 heavy (non-hydrogen) atoms. The van der Waals surface area contributed by atoms with E-state index in [1.165, 1.54) is 11.5 Å². The molecule has 4 rings (SSSR count). The van der Waals surface area contributed by atoms with Crippen LogP contribution in [0.15, 0.2) is 6.07 Å². The highest BCUT2D eigenvalue weighted by Crippen LogP contribution is 2.52. The standard InChI is InChI=1S/C14H17N5OS/c1-8-3-9(2)19-13(15-8)17-11(18-19)12(20)16-10-4-14(5-10)6-21-7-14/h3,10H,4-7H2,1-2H3,(H,16,20). The second kappa shape index (κ2) is 4.43. The van der Waals surface area contributed by atoms with Crippen molar-refractivity contribution in [2.24, 2.45) is 5.41 Å². The SMILES string of the molecule is Cc1cc(C)n2nc(C(=O)NC3CC4(CSC4)C3)nc2n1. The maximum Gasteiger partial charge on any atom is 0.291 e. The molecule has 1 saturated carbocycles. The Labute approximate surface area is 126 Å². The molecule has 1 aliphatic heterocycles. The Bertz CT molecular complexity index is 728. The van der Waals surface area contributed by atoms with E-state index in [4.69, 9.17) is 0 Å². The van der Waals surface area contributed by atoms with E-state index in [0.29, 0.717) is 11.2 Å². The fraction of sp³-hybridized carbons (Fsp3) is 0.571. The summed E-state index contributed by atoms with van der Waals surface area (Å²) in [5.74, 6) is 2.99. The van der Waals surface area contributed by atoms with Gasteiger partial charge in [-0.1, -0.05) is 0 Å². The number of carbonyl (C=O) groups excluding carboxylic acids is 1. The first-order chi connectivity index (χ1) is 10.0. The molecule has 110 valence electrons. The van der Waals surface area contributed by atoms with Gasteiger partial charge in [-0.05, 0) is 49.7 Å². The van der Waals surface area contributed by atoms with Gasteiger partial charge in [0.1, 0.15) is 0 Å². The zero-order valence-electron chi connectivity index (χ0n) is 12.1. The molecule has 1 amide bonds. The van der Waals surface area contributed by atoms with Crippen molar-refractivity contribution in [1.82, 2.24) is 24.9 Å². The van der Waals surface area contributed by atoms with Gasteiger partial charge < -0.3 is 5.32 Å². The summed E-state index contributed by atoms with van der Waals surface area (Å²) >= 11 is 1.99. The second-order valence-corrected chi connectivity index (χ2v) is 7.24. The van der Waals surface area contributed by atoms with Crippen molar-refractivity contribution in [1.29, 1.82) is 0 Å². The summed E-state index contributed by atoms with van der Waals surface area (Å²) in [6, 6.07) is 2.20. The van der Waals surface area contributed by atoms with Gasteiger partial charge in [0.15, 0.2) is 0 Å². The van der Waals surface area contributed by atoms with Crippen LogP contribution in [0.25, 0.3) is 5.78 Å². The number of aromatic nitrogens is 4. The van der Waals surface area contributed by atoms with Crippen LogP contribution >= 0.6 is 11.8 Å². The van der Waals surface area contributed by atoms with Crippen LogP contribution in [-0.2, 0) is 0 Å². The first-order valence-electron chi connectivity index (χ1n) is 7.14. The van der Waals surface area contributed by atoms with Crippen LogP contribution in [0.1, 0.15) is 34.8 Å². The number of fused-ring (bicyclic) bond motifs is 1. The van der Waals surface area contributed by atoms with E-state index in [1.807, 2.05) is 31.7 Å². The third-order valence-corrected chi connectivity index (χ3v) is 5.96. The number of hydrogen-bond donors (Lipinski definition) is 1. The molecule has 2 fully saturated rings. The molecule has 7 heteroatoms. The van der Waals surface area contributed by atoms with Crippen molar-refractivity contribution < 1.29 is 4.79 Å². The molecule has 2 aromatic heterocycles. The molecule has 1 saturated heterocycles. The highest BCUT2D eigenvalue weighted by molar-refractivity contribution is 8.00.